The molecule has 0 saturated heterocycles. The fourth-order valence-corrected chi connectivity index (χ4v) is 7.55. The largest absolute Gasteiger partial charge is 0.416 e. The number of hydrogen-bond acceptors (Lipinski definition) is 2. The Morgan fingerprint density at radius 2 is 0.529 bits per heavy atom. The van der Waals surface area contributed by atoms with Gasteiger partial charge in [0.15, 0.2) is 11.2 Å². The normalized spacial score (nSPS) is 13.6. The summed E-state index contributed by atoms with van der Waals surface area (Å²) in [6.07, 6.45) is -50.8. The minimum absolute atomic E-state index is 0.0257. The molecule has 0 aliphatic heterocycles. The van der Waals surface area contributed by atoms with Gasteiger partial charge in [0.05, 0.1) is 49.4 Å². The lowest BCUT2D eigenvalue weighted by Crippen LogP contribution is -2.75. The lowest BCUT2D eigenvalue weighted by molar-refractivity contribution is -0.144. The average molecular weight is 1050 g/mol. The zero-order valence-electron chi connectivity index (χ0n) is 33.1. The fraction of sp³-hybridized carbons (Fsp3) is 0.250. The Morgan fingerprint density at radius 3 is 0.691 bits per heavy atom. The first-order valence-electron chi connectivity index (χ1n) is 17.9. The molecule has 0 heterocycles. The van der Waals surface area contributed by atoms with Gasteiger partial charge in [-0.25, -0.2) is 0 Å². The molecule has 5 rings (SSSR count). The van der Waals surface area contributed by atoms with Crippen LogP contribution in [0.15, 0.2) is 102 Å². The monoisotopic (exact) mass is 1050 g/mol. The molecule has 0 atom stereocenters. The van der Waals surface area contributed by atoms with Crippen LogP contribution in [-0.2, 0) is 60.6 Å². The first kappa shape index (κ1) is 55.6. The maximum atomic E-state index is 14.2. The summed E-state index contributed by atoms with van der Waals surface area (Å²) in [5.74, 6) is 0.865. The van der Waals surface area contributed by atoms with Crippen molar-refractivity contribution >= 4 is 51.8 Å². The summed E-state index contributed by atoms with van der Waals surface area (Å²) in [4.78, 5) is 0.897. The third kappa shape index (κ3) is 13.0. The van der Waals surface area contributed by atoms with Gasteiger partial charge >= 0.3 is 49.4 Å². The molecule has 0 aliphatic carbocycles. The zero-order chi connectivity index (χ0) is 52.2. The summed E-state index contributed by atoms with van der Waals surface area (Å²) >= 11 is 4.23. The molecular weight excluding hydrogens is 1030 g/mol. The average Bonchev–Trinajstić information content (AvgIpc) is 3.16. The van der Waals surface area contributed by atoms with Gasteiger partial charge < -0.3 is 0 Å². The molecule has 68 heavy (non-hydrogen) atoms. The molecule has 28 heteroatoms. The van der Waals surface area contributed by atoms with Crippen LogP contribution < -0.4 is 26.0 Å². The van der Waals surface area contributed by atoms with Crippen molar-refractivity contribution in [2.45, 2.75) is 54.3 Å². The van der Waals surface area contributed by atoms with Crippen LogP contribution in [0.25, 0.3) is 0 Å². The molecule has 0 fully saturated rings. The van der Waals surface area contributed by atoms with Crippen molar-refractivity contribution in [3.05, 3.63) is 142 Å². The van der Waals surface area contributed by atoms with Crippen molar-refractivity contribution in [1.29, 1.82) is 0 Å². The number of benzene rings is 5. The number of halogens is 24. The van der Waals surface area contributed by atoms with Crippen LogP contribution in [0.2, 0.25) is 0 Å². The Balaban J connectivity index is 0.000000802. The zero-order valence-corrected chi connectivity index (χ0v) is 34.9. The minimum Gasteiger partial charge on any atom is -0.285 e. The fourth-order valence-electron chi connectivity index (χ4n) is 6.78. The summed E-state index contributed by atoms with van der Waals surface area (Å²) in [5, 5.41) is 0. The van der Waals surface area contributed by atoms with Crippen LogP contribution in [0.5, 0.6) is 5.75 Å². The summed E-state index contributed by atoms with van der Waals surface area (Å²) in [7, 11) is 0. The number of thiol groups is 1. The van der Waals surface area contributed by atoms with E-state index in [1.165, 1.54) is 0 Å². The molecule has 0 spiro atoms. The van der Waals surface area contributed by atoms with E-state index < -0.39 is 195 Å². The molecule has 5 aromatic carbocycles. The van der Waals surface area contributed by atoms with Gasteiger partial charge in [-0.1, -0.05) is 60.7 Å². The second kappa shape index (κ2) is 18.7. The van der Waals surface area contributed by atoms with Gasteiger partial charge in [0.2, 0.25) is 5.75 Å². The quantitative estimate of drug-likeness (QED) is 0.0772. The molecule has 0 aliphatic rings. The van der Waals surface area contributed by atoms with Gasteiger partial charge in [0.25, 0.3) is 0 Å². The summed E-state index contributed by atoms with van der Waals surface area (Å²) in [6, 6.07) is -1.07. The van der Waals surface area contributed by atoms with E-state index in [9.17, 15) is 105 Å². The van der Waals surface area contributed by atoms with Gasteiger partial charge in [-0.2, -0.15) is 127 Å². The SMILES string of the molecule is C[S+](C)Oc1ccccc1S.FC(F)(F)c1cc([B-](c2cc(C(F)(F)F)cc(C(F)(F)F)c2)(c2cc(C(F)(F)F)cc(C(F)(F)F)c2)c2cc(C(F)(F)F)cc(C(F)(F)F)c2)cc(C(F)(F)F)c1. The van der Waals surface area contributed by atoms with Gasteiger partial charge in [-0.05, 0) is 36.4 Å². The molecule has 0 saturated carbocycles. The molecule has 0 amide bonds. The van der Waals surface area contributed by atoms with E-state index in [0.717, 1.165) is 10.6 Å². The molecule has 372 valence electrons. The van der Waals surface area contributed by atoms with Gasteiger partial charge in [0.1, 0.15) is 18.7 Å². The maximum absolute atomic E-state index is 14.2. The Morgan fingerprint density at radius 1 is 0.338 bits per heavy atom. The van der Waals surface area contributed by atoms with E-state index >= 15 is 0 Å². The van der Waals surface area contributed by atoms with E-state index in [4.69, 9.17) is 4.18 Å². The standard InChI is InChI=1S/C32H12BF24.C8H10OS2/c34-25(35,36)13-1-14(26(37,38)39)6-21(5-13)33(22-7-15(27(40,41)42)2-16(8-22)28(43,44)45,23-9-17(29(46,47)48)3-18(10-23)30(49,50)51)24-11-19(31(52,53)54)4-20(12-24)32(55,56)57;1-11(2)9-7-5-3-4-6-8(7)10/h1-12H;3-6H,1-2H3/q-1;/p+1. The summed E-state index contributed by atoms with van der Waals surface area (Å²) in [5.41, 5.74) is -30.2. The number of hydrogen-bond donors (Lipinski definition) is 1. The molecule has 0 radical (unpaired) electrons. The first-order chi connectivity index (χ1) is 30.5. The number of alkyl halides is 24. The molecule has 1 nitrogen and oxygen atoms in total. The minimum atomic E-state index is -6.13. The van der Waals surface area contributed by atoms with Crippen LogP contribution in [-0.4, -0.2) is 18.7 Å². The highest BCUT2D eigenvalue weighted by molar-refractivity contribution is 7.91. The van der Waals surface area contributed by atoms with Gasteiger partial charge in [-0.3, -0.25) is 4.18 Å². The maximum Gasteiger partial charge on any atom is 0.416 e. The second-order valence-electron chi connectivity index (χ2n) is 14.5. The lowest BCUT2D eigenvalue weighted by Gasteiger charge is -2.46. The van der Waals surface area contributed by atoms with E-state index in [1.807, 2.05) is 36.8 Å². The van der Waals surface area contributed by atoms with Gasteiger partial charge in [0, 0.05) is 0 Å². The van der Waals surface area contributed by atoms with Crippen molar-refractivity contribution in [2.75, 3.05) is 12.5 Å². The second-order valence-corrected chi connectivity index (χ2v) is 16.6. The van der Waals surface area contributed by atoms with Crippen molar-refractivity contribution in [3.8, 4) is 5.75 Å². The Labute approximate surface area is 375 Å². The van der Waals surface area contributed by atoms with Crippen molar-refractivity contribution in [3.63, 3.8) is 0 Å². The van der Waals surface area contributed by atoms with E-state index in [-0.39, 0.29) is 11.2 Å². The Hall–Kier alpha value is -5.02. The molecule has 0 N–H and O–H groups in total. The molecule has 5 aromatic rings. The van der Waals surface area contributed by atoms with Crippen LogP contribution in [0.3, 0.4) is 0 Å². The molecule has 0 bridgehead atoms. The highest BCUT2D eigenvalue weighted by Crippen LogP contribution is 2.41. The lowest BCUT2D eigenvalue weighted by atomic mass is 9.12. The summed E-state index contributed by atoms with van der Waals surface area (Å²) < 4.78 is 346. The third-order valence-corrected chi connectivity index (χ3v) is 10.4. The van der Waals surface area contributed by atoms with Crippen LogP contribution >= 0.6 is 12.6 Å². The smallest absolute Gasteiger partial charge is 0.285 e. The van der Waals surface area contributed by atoms with E-state index in [1.54, 1.807) is 0 Å². The Bertz CT molecular complexity index is 2160. The van der Waals surface area contributed by atoms with Gasteiger partial charge in [-0.15, -0.1) is 12.6 Å². The predicted molar refractivity (Wildman–Crippen MR) is 204 cm³/mol. The molecular formula is C40H23BF24OS2. The third-order valence-electron chi connectivity index (χ3n) is 9.56. The van der Waals surface area contributed by atoms with Crippen molar-refractivity contribution in [2.24, 2.45) is 0 Å². The number of para-hydroxylation sites is 1. The Kier molecular flexibility index (Phi) is 15.3. The van der Waals surface area contributed by atoms with Crippen LogP contribution in [0, 0.1) is 0 Å². The highest BCUT2D eigenvalue weighted by atomic mass is 32.2. The number of rotatable bonds is 6. The van der Waals surface area contributed by atoms with Crippen LogP contribution in [0.4, 0.5) is 105 Å². The predicted octanol–water partition coefficient (Wildman–Crippen LogP) is 13.4. The van der Waals surface area contributed by atoms with E-state index in [0.29, 0.717) is 0 Å². The molecule has 0 aromatic heterocycles. The van der Waals surface area contributed by atoms with Crippen molar-refractivity contribution < 1.29 is 110 Å². The van der Waals surface area contributed by atoms with Crippen LogP contribution in [0.1, 0.15) is 44.5 Å². The van der Waals surface area contributed by atoms with Crippen molar-refractivity contribution in [1.82, 2.24) is 0 Å². The topological polar surface area (TPSA) is 9.23 Å². The summed E-state index contributed by atoms with van der Waals surface area (Å²) in [6.45, 7) is 0. The molecule has 0 unspecified atom stereocenters. The first-order valence-corrected chi connectivity index (χ1v) is 20.3. The highest BCUT2D eigenvalue weighted by Gasteiger charge is 2.47. The van der Waals surface area contributed by atoms with E-state index in [2.05, 4.69) is 12.6 Å².